The number of imidazole rings is 1. The highest BCUT2D eigenvalue weighted by molar-refractivity contribution is 6.29. The monoisotopic (exact) mass is 405 g/mol. The highest BCUT2D eigenvalue weighted by Crippen LogP contribution is 2.33. The maximum absolute atomic E-state index is 12.7. The van der Waals surface area contributed by atoms with Gasteiger partial charge in [0.2, 0.25) is 0 Å². The number of hydrogen-bond donors (Lipinski definition) is 0. The van der Waals surface area contributed by atoms with Gasteiger partial charge in [-0.1, -0.05) is 29.8 Å². The fourth-order valence-corrected chi connectivity index (χ4v) is 3.81. The molecule has 2 aromatic heterocycles. The Hall–Kier alpha value is -3.05. The smallest absolute Gasteiger partial charge is 0.328 e. The van der Waals surface area contributed by atoms with Crippen molar-refractivity contribution in [2.75, 3.05) is 0 Å². The first-order valence-corrected chi connectivity index (χ1v) is 10.1. The SMILES string of the molecule is Cn1c(=O)n(CC2CC2)c2ccc(-c3cccc(Oc4ccnc(Cl)c4)c3)cc21. The summed E-state index contributed by atoms with van der Waals surface area (Å²) in [6.45, 7) is 0.813. The molecule has 1 fully saturated rings. The molecule has 0 amide bonds. The third-order valence-corrected chi connectivity index (χ3v) is 5.59. The van der Waals surface area contributed by atoms with E-state index in [1.807, 2.05) is 41.9 Å². The van der Waals surface area contributed by atoms with Crippen molar-refractivity contribution in [2.24, 2.45) is 13.0 Å². The van der Waals surface area contributed by atoms with Gasteiger partial charge in [0.05, 0.1) is 11.0 Å². The molecule has 0 N–H and O–H groups in total. The van der Waals surface area contributed by atoms with E-state index in [1.165, 1.54) is 12.8 Å². The van der Waals surface area contributed by atoms with Gasteiger partial charge in [0.1, 0.15) is 16.7 Å². The first-order chi connectivity index (χ1) is 14.1. The van der Waals surface area contributed by atoms with Gasteiger partial charge in [-0.15, -0.1) is 0 Å². The van der Waals surface area contributed by atoms with Gasteiger partial charge < -0.3 is 4.74 Å². The van der Waals surface area contributed by atoms with Crippen molar-refractivity contribution >= 4 is 22.6 Å². The molecule has 0 spiro atoms. The molecule has 0 aliphatic heterocycles. The van der Waals surface area contributed by atoms with Crippen LogP contribution in [0.3, 0.4) is 0 Å². The van der Waals surface area contributed by atoms with Crippen LogP contribution in [-0.4, -0.2) is 14.1 Å². The molecule has 4 aromatic rings. The molecule has 1 saturated carbocycles. The number of rotatable bonds is 5. The number of aromatic nitrogens is 3. The molecule has 6 heteroatoms. The molecule has 5 nitrogen and oxygen atoms in total. The molecule has 1 aliphatic rings. The fourth-order valence-electron chi connectivity index (χ4n) is 3.65. The quantitative estimate of drug-likeness (QED) is 0.425. The maximum Gasteiger partial charge on any atom is 0.328 e. The predicted molar refractivity (Wildman–Crippen MR) is 115 cm³/mol. The summed E-state index contributed by atoms with van der Waals surface area (Å²) in [5, 5.41) is 0.390. The third-order valence-electron chi connectivity index (χ3n) is 5.38. The zero-order valence-corrected chi connectivity index (χ0v) is 16.8. The van der Waals surface area contributed by atoms with E-state index in [0.717, 1.165) is 28.7 Å². The fraction of sp³-hybridized carbons (Fsp3) is 0.217. The van der Waals surface area contributed by atoms with Crippen molar-refractivity contribution < 1.29 is 4.74 Å². The molecule has 0 bridgehead atoms. The Balaban J connectivity index is 1.50. The van der Waals surface area contributed by atoms with E-state index in [2.05, 4.69) is 17.1 Å². The molecule has 2 aromatic carbocycles. The number of nitrogens with zero attached hydrogens (tertiary/aromatic N) is 3. The minimum Gasteiger partial charge on any atom is -0.457 e. The number of ether oxygens (including phenoxy) is 1. The molecule has 0 unspecified atom stereocenters. The Morgan fingerprint density at radius 1 is 1.03 bits per heavy atom. The number of halogens is 1. The van der Waals surface area contributed by atoms with E-state index in [1.54, 1.807) is 22.9 Å². The third kappa shape index (κ3) is 3.54. The van der Waals surface area contributed by atoms with Gasteiger partial charge in [-0.05, 0) is 60.2 Å². The van der Waals surface area contributed by atoms with E-state index < -0.39 is 0 Å². The first-order valence-electron chi connectivity index (χ1n) is 9.67. The topological polar surface area (TPSA) is 49.0 Å². The summed E-state index contributed by atoms with van der Waals surface area (Å²) in [5.74, 6) is 2.00. The average molecular weight is 406 g/mol. The Labute approximate surface area is 173 Å². The van der Waals surface area contributed by atoms with Crippen molar-refractivity contribution in [1.29, 1.82) is 0 Å². The summed E-state index contributed by atoms with van der Waals surface area (Å²) >= 11 is 5.94. The lowest BCUT2D eigenvalue weighted by molar-refractivity contribution is 0.482. The number of aryl methyl sites for hydroxylation is 1. The zero-order chi connectivity index (χ0) is 20.0. The molecule has 1 aliphatic carbocycles. The van der Waals surface area contributed by atoms with E-state index in [-0.39, 0.29) is 5.69 Å². The number of hydrogen-bond acceptors (Lipinski definition) is 3. The second-order valence-electron chi connectivity index (χ2n) is 7.54. The summed E-state index contributed by atoms with van der Waals surface area (Å²) < 4.78 is 9.57. The van der Waals surface area contributed by atoms with E-state index in [4.69, 9.17) is 16.3 Å². The molecule has 146 valence electrons. The van der Waals surface area contributed by atoms with Crippen LogP contribution in [0, 0.1) is 5.92 Å². The molecule has 0 saturated heterocycles. The highest BCUT2D eigenvalue weighted by atomic mass is 35.5. The lowest BCUT2D eigenvalue weighted by Crippen LogP contribution is -2.22. The maximum atomic E-state index is 12.7. The Bertz CT molecular complexity index is 1270. The molecule has 29 heavy (non-hydrogen) atoms. The number of benzene rings is 2. The van der Waals surface area contributed by atoms with Gasteiger partial charge in [-0.3, -0.25) is 9.13 Å². The zero-order valence-electron chi connectivity index (χ0n) is 16.0. The van der Waals surface area contributed by atoms with Gasteiger partial charge >= 0.3 is 5.69 Å². The largest absolute Gasteiger partial charge is 0.457 e. The first kappa shape index (κ1) is 18.0. The molecule has 5 rings (SSSR count). The van der Waals surface area contributed by atoms with Crippen LogP contribution >= 0.6 is 11.6 Å². The predicted octanol–water partition coefficient (Wildman–Crippen LogP) is 5.26. The van der Waals surface area contributed by atoms with Crippen molar-refractivity contribution in [3.63, 3.8) is 0 Å². The van der Waals surface area contributed by atoms with Crippen LogP contribution in [0.2, 0.25) is 5.15 Å². The summed E-state index contributed by atoms with van der Waals surface area (Å²) in [5.41, 5.74) is 4.05. The molecule has 0 radical (unpaired) electrons. The van der Waals surface area contributed by atoms with Crippen LogP contribution in [0.15, 0.2) is 65.6 Å². The van der Waals surface area contributed by atoms with Crippen LogP contribution in [-0.2, 0) is 13.6 Å². The minimum atomic E-state index is 0.0516. The summed E-state index contributed by atoms with van der Waals surface area (Å²) in [7, 11) is 1.84. The molecular weight excluding hydrogens is 386 g/mol. The lowest BCUT2D eigenvalue weighted by Gasteiger charge is -2.09. The van der Waals surface area contributed by atoms with Crippen LogP contribution in [0.4, 0.5) is 0 Å². The van der Waals surface area contributed by atoms with Crippen LogP contribution in [0.25, 0.3) is 22.2 Å². The van der Waals surface area contributed by atoms with Crippen LogP contribution in [0.5, 0.6) is 11.5 Å². The summed E-state index contributed by atoms with van der Waals surface area (Å²) in [6, 6.07) is 17.5. The standard InChI is InChI=1S/C23H20ClN3O2/c1-26-21-12-17(7-8-20(21)27(23(26)28)14-15-5-6-15)16-3-2-4-18(11-16)29-19-9-10-25-22(24)13-19/h2-4,7-13,15H,5-6,14H2,1H3. The normalized spacial score (nSPS) is 13.7. The Kier molecular flexibility index (Phi) is 4.40. The van der Waals surface area contributed by atoms with Crippen LogP contribution in [0.1, 0.15) is 12.8 Å². The second kappa shape index (κ2) is 7.08. The highest BCUT2D eigenvalue weighted by Gasteiger charge is 2.24. The van der Waals surface area contributed by atoms with E-state index in [0.29, 0.717) is 22.6 Å². The number of pyridine rings is 1. The summed E-state index contributed by atoms with van der Waals surface area (Å²) in [6.07, 6.45) is 4.05. The number of fused-ring (bicyclic) bond motifs is 1. The molecule has 0 atom stereocenters. The Morgan fingerprint density at radius 3 is 2.62 bits per heavy atom. The van der Waals surface area contributed by atoms with Crippen molar-refractivity contribution in [1.82, 2.24) is 14.1 Å². The van der Waals surface area contributed by atoms with Gasteiger partial charge in [-0.25, -0.2) is 9.78 Å². The van der Waals surface area contributed by atoms with Gasteiger partial charge in [0.15, 0.2) is 0 Å². The van der Waals surface area contributed by atoms with E-state index >= 15 is 0 Å². The molecular formula is C23H20ClN3O2. The van der Waals surface area contributed by atoms with Crippen molar-refractivity contribution in [3.8, 4) is 22.6 Å². The van der Waals surface area contributed by atoms with Crippen molar-refractivity contribution in [2.45, 2.75) is 19.4 Å². The van der Waals surface area contributed by atoms with Crippen LogP contribution < -0.4 is 10.4 Å². The van der Waals surface area contributed by atoms with Crippen molar-refractivity contribution in [3.05, 3.63) is 76.4 Å². The second-order valence-corrected chi connectivity index (χ2v) is 7.93. The lowest BCUT2D eigenvalue weighted by atomic mass is 10.0. The average Bonchev–Trinajstić information content (AvgIpc) is 3.51. The minimum absolute atomic E-state index is 0.0516. The summed E-state index contributed by atoms with van der Waals surface area (Å²) in [4.78, 5) is 16.6. The van der Waals surface area contributed by atoms with E-state index in [9.17, 15) is 4.79 Å². The Morgan fingerprint density at radius 2 is 1.83 bits per heavy atom. The molecule has 2 heterocycles. The van der Waals surface area contributed by atoms with Gasteiger partial charge in [0, 0.05) is 25.9 Å². The van der Waals surface area contributed by atoms with Gasteiger partial charge in [0.25, 0.3) is 0 Å². The van der Waals surface area contributed by atoms with Gasteiger partial charge in [-0.2, -0.15) is 0 Å².